The Hall–Kier alpha value is -3.84. The van der Waals surface area contributed by atoms with Gasteiger partial charge >= 0.3 is 0 Å². The number of nitrogens with one attached hydrogen (secondary N) is 1. The van der Waals surface area contributed by atoms with Crippen LogP contribution in [-0.2, 0) is 23.2 Å². The lowest BCUT2D eigenvalue weighted by Crippen LogP contribution is -2.66. The third kappa shape index (κ3) is 4.86. The Morgan fingerprint density at radius 1 is 0.841 bits per heavy atom. The number of pyridine rings is 2. The minimum Gasteiger partial charge on any atom is -0.384 e. The molecular weight excluding hydrogens is 544 g/mol. The summed E-state index contributed by atoms with van der Waals surface area (Å²) in [5, 5.41) is 11.6. The molecule has 6 nitrogen and oxygen atoms in total. The molecule has 2 aromatic carbocycles. The molecule has 2 aliphatic heterocycles. The molecule has 0 saturated carbocycles. The van der Waals surface area contributed by atoms with Gasteiger partial charge in [-0.1, -0.05) is 48.5 Å². The monoisotopic (exact) mass is 584 g/mol. The Labute approximate surface area is 259 Å². The number of ether oxygens (including phenoxy) is 1. The van der Waals surface area contributed by atoms with Gasteiger partial charge in [-0.25, -0.2) is 9.97 Å². The van der Waals surface area contributed by atoms with Crippen molar-refractivity contribution < 1.29 is 9.84 Å². The minimum atomic E-state index is -0.986. The van der Waals surface area contributed by atoms with Gasteiger partial charge in [0.15, 0.2) is 0 Å². The maximum atomic E-state index is 10.5. The third-order valence-corrected chi connectivity index (χ3v) is 10.2. The van der Waals surface area contributed by atoms with Crippen molar-refractivity contribution in [2.24, 2.45) is 0 Å². The number of aryl methyl sites for hydroxylation is 3. The molecule has 3 atom stereocenters. The second-order valence-electron chi connectivity index (χ2n) is 13.6. The van der Waals surface area contributed by atoms with Gasteiger partial charge in [-0.15, -0.1) is 0 Å². The molecule has 0 spiro atoms. The molecule has 2 unspecified atom stereocenters. The normalized spacial score (nSPS) is 22.0. The summed E-state index contributed by atoms with van der Waals surface area (Å²) in [5.74, 6) is 0. The molecular formula is C38H40N4O2. The molecule has 224 valence electrons. The zero-order valence-electron chi connectivity index (χ0n) is 25.8. The number of morpholine rings is 1. The highest BCUT2D eigenvalue weighted by Gasteiger charge is 2.45. The fraction of sp³-hybridized carbons (Fsp3) is 0.368. The second-order valence-corrected chi connectivity index (χ2v) is 13.6. The number of aliphatic hydroxyl groups is 1. The summed E-state index contributed by atoms with van der Waals surface area (Å²) in [6.07, 6.45) is 10.1. The van der Waals surface area contributed by atoms with E-state index in [9.17, 15) is 5.11 Å². The lowest BCUT2D eigenvalue weighted by atomic mass is 9.87. The van der Waals surface area contributed by atoms with E-state index in [0.29, 0.717) is 23.8 Å². The molecule has 5 heterocycles. The molecule has 2 N–H and O–H groups in total. The van der Waals surface area contributed by atoms with Gasteiger partial charge in [0.1, 0.15) is 11.2 Å². The van der Waals surface area contributed by atoms with E-state index >= 15 is 0 Å². The maximum Gasteiger partial charge on any atom is 0.137 e. The van der Waals surface area contributed by atoms with E-state index in [-0.39, 0.29) is 0 Å². The van der Waals surface area contributed by atoms with Crippen LogP contribution in [-0.4, -0.2) is 56.3 Å². The van der Waals surface area contributed by atoms with Crippen LogP contribution in [0.4, 0.5) is 0 Å². The second kappa shape index (κ2) is 10.7. The number of hydrogen-bond acceptors (Lipinski definition) is 5. The predicted octanol–water partition coefficient (Wildman–Crippen LogP) is 7.22. The highest BCUT2D eigenvalue weighted by Crippen LogP contribution is 2.38. The number of aromatic nitrogens is 3. The average Bonchev–Trinajstić information content (AvgIpc) is 3.35. The predicted molar refractivity (Wildman–Crippen MR) is 175 cm³/mol. The first kappa shape index (κ1) is 27.7. The molecule has 0 radical (unpaired) electrons. The Morgan fingerprint density at radius 3 is 2.32 bits per heavy atom. The van der Waals surface area contributed by atoms with E-state index in [0.717, 1.165) is 70.6 Å². The van der Waals surface area contributed by atoms with E-state index in [1.165, 1.54) is 36.0 Å². The van der Waals surface area contributed by atoms with Crippen LogP contribution in [0.3, 0.4) is 0 Å². The van der Waals surface area contributed by atoms with Gasteiger partial charge in [-0.3, -0.25) is 4.90 Å². The van der Waals surface area contributed by atoms with Gasteiger partial charge in [0.2, 0.25) is 0 Å². The average molecular weight is 585 g/mol. The zero-order chi connectivity index (χ0) is 30.0. The topological polar surface area (TPSA) is 74.3 Å². The van der Waals surface area contributed by atoms with Crippen LogP contribution in [0, 0.1) is 6.92 Å². The molecule has 5 aromatic rings. The van der Waals surface area contributed by atoms with Crippen molar-refractivity contribution in [2.75, 3.05) is 13.2 Å². The van der Waals surface area contributed by atoms with Crippen LogP contribution in [0.15, 0.2) is 73.1 Å². The quantitative estimate of drug-likeness (QED) is 0.214. The first-order chi connectivity index (χ1) is 21.3. The van der Waals surface area contributed by atoms with Crippen LogP contribution in [0.2, 0.25) is 0 Å². The van der Waals surface area contributed by atoms with Crippen molar-refractivity contribution in [1.29, 1.82) is 0 Å². The number of hydrogen-bond donors (Lipinski definition) is 2. The van der Waals surface area contributed by atoms with Crippen LogP contribution in [0.5, 0.6) is 0 Å². The molecule has 2 bridgehead atoms. The van der Waals surface area contributed by atoms with E-state index in [4.69, 9.17) is 14.7 Å². The molecule has 6 heteroatoms. The van der Waals surface area contributed by atoms with Crippen LogP contribution in [0.1, 0.15) is 55.5 Å². The van der Waals surface area contributed by atoms with Crippen LogP contribution >= 0.6 is 0 Å². The van der Waals surface area contributed by atoms with Crippen molar-refractivity contribution in [3.63, 3.8) is 0 Å². The Bertz CT molecular complexity index is 1840. The number of H-pyrrole nitrogens is 1. The summed E-state index contributed by atoms with van der Waals surface area (Å²) in [6, 6.07) is 23.8. The number of aromatic amines is 1. The van der Waals surface area contributed by atoms with E-state index < -0.39 is 5.60 Å². The largest absolute Gasteiger partial charge is 0.384 e. The van der Waals surface area contributed by atoms with Gasteiger partial charge < -0.3 is 14.8 Å². The van der Waals surface area contributed by atoms with Crippen molar-refractivity contribution in [2.45, 2.75) is 76.6 Å². The first-order valence-electron chi connectivity index (χ1n) is 16.1. The molecule has 8 rings (SSSR count). The zero-order valence-corrected chi connectivity index (χ0v) is 25.8. The standard InChI is InChI=1S/C38H40N4O2/c1-23-4-15-35(38(2,3)43)41-36(23)26-8-6-25(7-9-26)34-20-40-37-33(34)17-29(19-39-37)28-10-5-24-11-13-30(14-12-27(24)16-28)42-31-18-32(42)22-44-21-31/h4-10,15-17,19-20,30-32,43H,11-14,18,21-22H2,1-3H3,(H,39,40)/t30-,31?,32?/m0/s1. The first-order valence-corrected chi connectivity index (χ1v) is 16.1. The summed E-state index contributed by atoms with van der Waals surface area (Å²) in [4.78, 5) is 15.8. The van der Waals surface area contributed by atoms with Gasteiger partial charge in [-0.05, 0) is 92.8 Å². The van der Waals surface area contributed by atoms with Crippen LogP contribution < -0.4 is 0 Å². The maximum absolute atomic E-state index is 10.5. The molecule has 2 saturated heterocycles. The molecule has 1 aliphatic carbocycles. The molecule has 0 amide bonds. The van der Waals surface area contributed by atoms with Gasteiger partial charge in [0.25, 0.3) is 0 Å². The minimum absolute atomic E-state index is 0.644. The van der Waals surface area contributed by atoms with Gasteiger partial charge in [0, 0.05) is 52.6 Å². The van der Waals surface area contributed by atoms with Crippen molar-refractivity contribution in [3.05, 3.63) is 95.4 Å². The van der Waals surface area contributed by atoms with E-state index in [2.05, 4.69) is 71.5 Å². The smallest absolute Gasteiger partial charge is 0.137 e. The highest BCUT2D eigenvalue weighted by molar-refractivity contribution is 5.96. The lowest BCUT2D eigenvalue weighted by molar-refractivity contribution is -0.148. The summed E-state index contributed by atoms with van der Waals surface area (Å²) >= 11 is 0. The third-order valence-electron chi connectivity index (χ3n) is 10.2. The summed E-state index contributed by atoms with van der Waals surface area (Å²) in [6.45, 7) is 7.43. The highest BCUT2D eigenvalue weighted by atomic mass is 16.5. The van der Waals surface area contributed by atoms with Gasteiger partial charge in [-0.2, -0.15) is 0 Å². The lowest BCUT2D eigenvalue weighted by Gasteiger charge is -2.56. The molecule has 2 fully saturated rings. The Kier molecular flexibility index (Phi) is 6.70. The fourth-order valence-electron chi connectivity index (χ4n) is 7.70. The van der Waals surface area contributed by atoms with E-state index in [1.807, 2.05) is 18.3 Å². The molecule has 44 heavy (non-hydrogen) atoms. The Morgan fingerprint density at radius 2 is 1.57 bits per heavy atom. The van der Waals surface area contributed by atoms with Crippen molar-refractivity contribution in [3.8, 4) is 33.5 Å². The summed E-state index contributed by atoms with van der Waals surface area (Å²) in [5.41, 5.74) is 11.2. The number of nitrogens with zero attached hydrogens (tertiary/aromatic N) is 3. The summed E-state index contributed by atoms with van der Waals surface area (Å²) in [7, 11) is 0. The van der Waals surface area contributed by atoms with E-state index in [1.54, 1.807) is 13.8 Å². The Balaban J connectivity index is 1.06. The number of benzene rings is 2. The SMILES string of the molecule is Cc1ccc(C(C)(C)O)nc1-c1ccc(-c2c[nH]c3ncc(-c4ccc5c(c4)CC[C@@H](N4C6COCC4C6)CC5)cc23)cc1. The van der Waals surface area contributed by atoms with Gasteiger partial charge in [0.05, 0.1) is 24.6 Å². The van der Waals surface area contributed by atoms with Crippen molar-refractivity contribution >= 4 is 11.0 Å². The fourth-order valence-corrected chi connectivity index (χ4v) is 7.70. The van der Waals surface area contributed by atoms with Crippen molar-refractivity contribution in [1.82, 2.24) is 19.9 Å². The molecule has 3 aliphatic rings. The molecule has 3 aromatic heterocycles. The number of fused-ring (bicyclic) bond motifs is 4. The number of rotatable bonds is 5. The van der Waals surface area contributed by atoms with Crippen LogP contribution in [0.25, 0.3) is 44.5 Å². The summed E-state index contributed by atoms with van der Waals surface area (Å²) < 4.78 is 5.75.